The summed E-state index contributed by atoms with van der Waals surface area (Å²) in [6.45, 7) is 3.54. The lowest BCUT2D eigenvalue weighted by Crippen LogP contribution is -2.01. The highest BCUT2D eigenvalue weighted by atomic mass is 35.5. The van der Waals surface area contributed by atoms with Crippen LogP contribution >= 0.6 is 11.6 Å². The van der Waals surface area contributed by atoms with Gasteiger partial charge in [-0.15, -0.1) is 0 Å². The lowest BCUT2D eigenvalue weighted by atomic mass is 10.1. The van der Waals surface area contributed by atoms with Gasteiger partial charge in [-0.25, -0.2) is 0 Å². The third-order valence-electron chi connectivity index (χ3n) is 2.12. The first-order chi connectivity index (χ1) is 8.54. The highest BCUT2D eigenvalue weighted by molar-refractivity contribution is 6.33. The number of benzene rings is 1. The summed E-state index contributed by atoms with van der Waals surface area (Å²) in [7, 11) is 0. The number of Topliss-reactive ketones (excluding diaryl/α,β-unsaturated/α-hetero) is 1. The standard InChI is InChI=1S/C14H13ClO3/c1-3-18-14(17)6-4-5-11-7-8-12(10(2)16)13(15)9-11/h7-9H,3,6H2,1-2H3. The van der Waals surface area contributed by atoms with Crippen molar-refractivity contribution in [1.82, 2.24) is 0 Å². The Hall–Kier alpha value is -1.79. The van der Waals surface area contributed by atoms with Crippen molar-refractivity contribution in [2.24, 2.45) is 0 Å². The van der Waals surface area contributed by atoms with E-state index in [2.05, 4.69) is 11.8 Å². The second-order valence-electron chi connectivity index (χ2n) is 3.53. The van der Waals surface area contributed by atoms with Gasteiger partial charge < -0.3 is 4.74 Å². The van der Waals surface area contributed by atoms with Crippen LogP contribution in [0.15, 0.2) is 18.2 Å². The van der Waals surface area contributed by atoms with Gasteiger partial charge in [-0.3, -0.25) is 9.59 Å². The summed E-state index contributed by atoms with van der Waals surface area (Å²) < 4.78 is 4.74. The van der Waals surface area contributed by atoms with Crippen molar-refractivity contribution in [3.8, 4) is 11.8 Å². The number of hydrogen-bond acceptors (Lipinski definition) is 3. The van der Waals surface area contributed by atoms with Crippen LogP contribution in [0.25, 0.3) is 0 Å². The second kappa shape index (κ2) is 6.83. The van der Waals surface area contributed by atoms with Crippen molar-refractivity contribution in [2.75, 3.05) is 6.61 Å². The molecule has 18 heavy (non-hydrogen) atoms. The molecule has 0 heterocycles. The van der Waals surface area contributed by atoms with E-state index in [-0.39, 0.29) is 18.2 Å². The van der Waals surface area contributed by atoms with Crippen molar-refractivity contribution in [1.29, 1.82) is 0 Å². The van der Waals surface area contributed by atoms with E-state index in [0.717, 1.165) is 0 Å². The molecule has 0 spiro atoms. The molecule has 0 aliphatic carbocycles. The first kappa shape index (κ1) is 14.3. The van der Waals surface area contributed by atoms with E-state index in [1.165, 1.54) is 6.92 Å². The van der Waals surface area contributed by atoms with Crippen LogP contribution in [0.2, 0.25) is 5.02 Å². The molecule has 0 N–H and O–H groups in total. The third kappa shape index (κ3) is 4.23. The molecule has 0 aliphatic heterocycles. The van der Waals surface area contributed by atoms with Crippen LogP contribution in [0.1, 0.15) is 36.2 Å². The minimum Gasteiger partial charge on any atom is -0.465 e. The summed E-state index contributed by atoms with van der Waals surface area (Å²) in [5, 5.41) is 0.366. The highest BCUT2D eigenvalue weighted by Gasteiger charge is 2.05. The number of esters is 1. The van der Waals surface area contributed by atoms with E-state index in [9.17, 15) is 9.59 Å². The van der Waals surface area contributed by atoms with Gasteiger partial charge in [0.1, 0.15) is 6.42 Å². The van der Waals surface area contributed by atoms with Crippen LogP contribution in [-0.2, 0) is 9.53 Å². The SMILES string of the molecule is CCOC(=O)CC#Cc1ccc(C(C)=O)c(Cl)c1. The van der Waals surface area contributed by atoms with Crippen LogP contribution in [-0.4, -0.2) is 18.4 Å². The second-order valence-corrected chi connectivity index (χ2v) is 3.94. The van der Waals surface area contributed by atoms with Crippen molar-refractivity contribution in [3.05, 3.63) is 34.3 Å². The van der Waals surface area contributed by atoms with Crippen LogP contribution in [0.5, 0.6) is 0 Å². The van der Waals surface area contributed by atoms with E-state index in [0.29, 0.717) is 22.8 Å². The molecule has 94 valence electrons. The van der Waals surface area contributed by atoms with Crippen molar-refractivity contribution in [2.45, 2.75) is 20.3 Å². The number of ketones is 1. The molecule has 0 fully saturated rings. The molecule has 0 atom stereocenters. The number of rotatable bonds is 3. The minimum absolute atomic E-state index is 0.0416. The van der Waals surface area contributed by atoms with E-state index in [4.69, 9.17) is 16.3 Å². The van der Waals surface area contributed by atoms with Crippen molar-refractivity contribution < 1.29 is 14.3 Å². The van der Waals surface area contributed by atoms with Crippen LogP contribution in [0, 0.1) is 11.8 Å². The lowest BCUT2D eigenvalue weighted by Gasteiger charge is -1.99. The highest BCUT2D eigenvalue weighted by Crippen LogP contribution is 2.17. The molecule has 3 nitrogen and oxygen atoms in total. The van der Waals surface area contributed by atoms with Crippen molar-refractivity contribution in [3.63, 3.8) is 0 Å². The molecule has 1 aromatic carbocycles. The number of hydrogen-bond donors (Lipinski definition) is 0. The van der Waals surface area contributed by atoms with Gasteiger partial charge in [-0.05, 0) is 32.0 Å². The molecule has 1 rings (SSSR count). The molecular formula is C14H13ClO3. The van der Waals surface area contributed by atoms with E-state index in [1.54, 1.807) is 25.1 Å². The lowest BCUT2D eigenvalue weighted by molar-refractivity contribution is -0.141. The van der Waals surface area contributed by atoms with Gasteiger partial charge in [-0.1, -0.05) is 23.4 Å². The summed E-state index contributed by atoms with van der Waals surface area (Å²) in [4.78, 5) is 22.2. The smallest absolute Gasteiger partial charge is 0.317 e. The molecule has 0 aromatic heterocycles. The Bertz CT molecular complexity index is 524. The Morgan fingerprint density at radius 1 is 1.39 bits per heavy atom. The molecule has 0 amide bonds. The van der Waals surface area contributed by atoms with E-state index in [1.807, 2.05) is 0 Å². The summed E-state index contributed by atoms with van der Waals surface area (Å²) in [5.74, 6) is 5.05. The fourth-order valence-corrected chi connectivity index (χ4v) is 1.62. The minimum atomic E-state index is -0.351. The normalized spacial score (nSPS) is 9.28. The predicted molar refractivity (Wildman–Crippen MR) is 69.6 cm³/mol. The third-order valence-corrected chi connectivity index (χ3v) is 2.43. The number of halogens is 1. The van der Waals surface area contributed by atoms with Crippen LogP contribution in [0.4, 0.5) is 0 Å². The monoisotopic (exact) mass is 264 g/mol. The molecule has 0 radical (unpaired) electrons. The Balaban J connectivity index is 2.75. The molecule has 0 saturated carbocycles. The van der Waals surface area contributed by atoms with Crippen molar-refractivity contribution >= 4 is 23.4 Å². The van der Waals surface area contributed by atoms with E-state index >= 15 is 0 Å². The maximum absolute atomic E-state index is 11.2. The van der Waals surface area contributed by atoms with Gasteiger partial charge in [0.15, 0.2) is 5.78 Å². The molecular weight excluding hydrogens is 252 g/mol. The summed E-state index contributed by atoms with van der Waals surface area (Å²) in [5.41, 5.74) is 1.13. The summed E-state index contributed by atoms with van der Waals surface area (Å²) in [6, 6.07) is 4.93. The molecule has 0 unspecified atom stereocenters. The predicted octanol–water partition coefficient (Wildman–Crippen LogP) is 2.85. The first-order valence-corrected chi connectivity index (χ1v) is 5.87. The maximum atomic E-state index is 11.2. The van der Waals surface area contributed by atoms with Gasteiger partial charge in [0, 0.05) is 11.1 Å². The number of carbonyl (C=O) groups is 2. The topological polar surface area (TPSA) is 43.4 Å². The molecule has 0 aliphatic rings. The zero-order valence-corrected chi connectivity index (χ0v) is 11.0. The fraction of sp³-hybridized carbons (Fsp3) is 0.286. The Morgan fingerprint density at radius 3 is 2.67 bits per heavy atom. The average Bonchev–Trinajstić information content (AvgIpc) is 2.29. The molecule has 1 aromatic rings. The molecule has 0 bridgehead atoms. The van der Waals surface area contributed by atoms with Gasteiger partial charge in [0.25, 0.3) is 0 Å². The maximum Gasteiger partial charge on any atom is 0.317 e. The largest absolute Gasteiger partial charge is 0.465 e. The van der Waals surface area contributed by atoms with Gasteiger partial charge in [-0.2, -0.15) is 0 Å². The Labute approximate surface area is 111 Å². The molecule has 4 heteroatoms. The number of carbonyl (C=O) groups excluding carboxylic acids is 2. The van der Waals surface area contributed by atoms with Crippen LogP contribution in [0.3, 0.4) is 0 Å². The van der Waals surface area contributed by atoms with Crippen LogP contribution < -0.4 is 0 Å². The zero-order chi connectivity index (χ0) is 13.5. The van der Waals surface area contributed by atoms with Gasteiger partial charge in [0.05, 0.1) is 11.6 Å². The van der Waals surface area contributed by atoms with Gasteiger partial charge >= 0.3 is 5.97 Å². The van der Waals surface area contributed by atoms with Gasteiger partial charge in [0.2, 0.25) is 0 Å². The Morgan fingerprint density at radius 2 is 2.11 bits per heavy atom. The summed E-state index contributed by atoms with van der Waals surface area (Å²) in [6.07, 6.45) is 0.0416. The first-order valence-electron chi connectivity index (χ1n) is 5.49. The van der Waals surface area contributed by atoms with E-state index < -0.39 is 0 Å². The average molecular weight is 265 g/mol. The zero-order valence-electron chi connectivity index (χ0n) is 10.2. The quantitative estimate of drug-likeness (QED) is 0.479. The number of ether oxygens (including phenoxy) is 1. The summed E-state index contributed by atoms with van der Waals surface area (Å²) >= 11 is 5.94. The molecule has 0 saturated heterocycles. The Kier molecular flexibility index (Phi) is 5.41. The fourth-order valence-electron chi connectivity index (χ4n) is 1.31.